The van der Waals surface area contributed by atoms with Gasteiger partial charge in [-0.15, -0.1) is 0 Å². The molecule has 0 unspecified atom stereocenters. The molecule has 0 spiro atoms. The molecule has 1 aromatic carbocycles. The lowest BCUT2D eigenvalue weighted by atomic mass is 10.0. The third-order valence-electron chi connectivity index (χ3n) is 4.05. The summed E-state index contributed by atoms with van der Waals surface area (Å²) in [7, 11) is 0. The number of nitrogens with one attached hydrogen (secondary N) is 1. The van der Waals surface area contributed by atoms with E-state index in [1.165, 1.54) is 6.07 Å². The number of halogens is 2. The lowest BCUT2D eigenvalue weighted by Crippen LogP contribution is -2.39. The van der Waals surface area contributed by atoms with Crippen LogP contribution in [0.4, 0.5) is 20.7 Å². The standard InChI is InChI=1S/C18H18ClFN4O/c19-14-2-1-13(16(20)10-14)9-12-4-7-24(8-5-12)18(25)23-15-3-6-22-17(21)11-15/h1-3,6,9-11H,4-5,7-8H2,(H3,21,22,23,25). The van der Waals surface area contributed by atoms with E-state index in [-0.39, 0.29) is 11.8 Å². The Kier molecular flexibility index (Phi) is 5.19. The first-order chi connectivity index (χ1) is 12.0. The number of carbonyl (C=O) groups is 1. The number of carbonyl (C=O) groups excluding carboxylic acids is 1. The monoisotopic (exact) mass is 360 g/mol. The summed E-state index contributed by atoms with van der Waals surface area (Å²) in [5, 5.41) is 3.18. The van der Waals surface area contributed by atoms with Crippen molar-refractivity contribution in [3.8, 4) is 0 Å². The molecule has 0 radical (unpaired) electrons. The number of hydrogen-bond donors (Lipinski definition) is 2. The molecule has 1 fully saturated rings. The zero-order valence-corrected chi connectivity index (χ0v) is 14.3. The van der Waals surface area contributed by atoms with Gasteiger partial charge in [-0.1, -0.05) is 29.3 Å². The van der Waals surface area contributed by atoms with Gasteiger partial charge in [-0.05, 0) is 31.0 Å². The topological polar surface area (TPSA) is 71.2 Å². The number of nitrogens with zero attached hydrogens (tertiary/aromatic N) is 2. The molecule has 25 heavy (non-hydrogen) atoms. The van der Waals surface area contributed by atoms with Crippen molar-refractivity contribution >= 4 is 35.2 Å². The Morgan fingerprint density at radius 1 is 1.28 bits per heavy atom. The number of nitrogens with two attached hydrogens (primary N) is 1. The van der Waals surface area contributed by atoms with E-state index in [0.29, 0.717) is 48.0 Å². The van der Waals surface area contributed by atoms with Crippen molar-refractivity contribution < 1.29 is 9.18 Å². The van der Waals surface area contributed by atoms with E-state index in [0.717, 1.165) is 5.57 Å². The second-order valence-electron chi connectivity index (χ2n) is 5.86. The summed E-state index contributed by atoms with van der Waals surface area (Å²) in [6.07, 6.45) is 4.79. The number of piperidine rings is 1. The number of urea groups is 1. The number of amides is 2. The number of likely N-dealkylation sites (tertiary alicyclic amines) is 1. The molecule has 130 valence electrons. The molecule has 0 saturated carbocycles. The fourth-order valence-electron chi connectivity index (χ4n) is 2.71. The zero-order valence-electron chi connectivity index (χ0n) is 13.5. The van der Waals surface area contributed by atoms with Crippen molar-refractivity contribution in [2.75, 3.05) is 24.1 Å². The number of benzene rings is 1. The number of nitrogen functional groups attached to an aromatic ring is 1. The highest BCUT2D eigenvalue weighted by molar-refractivity contribution is 6.30. The Labute approximate surface area is 150 Å². The Hall–Kier alpha value is -2.60. The third kappa shape index (κ3) is 4.48. The van der Waals surface area contributed by atoms with Crippen molar-refractivity contribution in [1.29, 1.82) is 0 Å². The van der Waals surface area contributed by atoms with Gasteiger partial charge in [-0.2, -0.15) is 0 Å². The number of rotatable bonds is 2. The van der Waals surface area contributed by atoms with Crippen LogP contribution in [0.15, 0.2) is 42.1 Å². The van der Waals surface area contributed by atoms with Gasteiger partial charge in [0.05, 0.1) is 0 Å². The van der Waals surface area contributed by atoms with Gasteiger partial charge >= 0.3 is 6.03 Å². The first-order valence-electron chi connectivity index (χ1n) is 7.93. The highest BCUT2D eigenvalue weighted by Gasteiger charge is 2.19. The summed E-state index contributed by atoms with van der Waals surface area (Å²) in [6.45, 7) is 1.15. The van der Waals surface area contributed by atoms with Gasteiger partial charge in [0.15, 0.2) is 0 Å². The summed E-state index contributed by atoms with van der Waals surface area (Å²) >= 11 is 5.77. The summed E-state index contributed by atoms with van der Waals surface area (Å²) in [6, 6.07) is 7.75. The molecular formula is C18H18ClFN4O. The molecule has 5 nitrogen and oxygen atoms in total. The summed E-state index contributed by atoms with van der Waals surface area (Å²) in [4.78, 5) is 17.9. The van der Waals surface area contributed by atoms with Gasteiger partial charge in [-0.25, -0.2) is 14.2 Å². The van der Waals surface area contributed by atoms with Gasteiger partial charge < -0.3 is 16.0 Å². The Morgan fingerprint density at radius 2 is 2.04 bits per heavy atom. The Morgan fingerprint density at radius 3 is 2.72 bits per heavy atom. The van der Waals surface area contributed by atoms with E-state index in [2.05, 4.69) is 10.3 Å². The molecule has 3 rings (SSSR count). The van der Waals surface area contributed by atoms with Crippen LogP contribution >= 0.6 is 11.6 Å². The van der Waals surface area contributed by atoms with Crippen LogP contribution in [0.2, 0.25) is 5.02 Å². The van der Waals surface area contributed by atoms with E-state index in [9.17, 15) is 9.18 Å². The van der Waals surface area contributed by atoms with Crippen molar-refractivity contribution in [3.05, 3.63) is 58.5 Å². The van der Waals surface area contributed by atoms with Crippen LogP contribution in [0.5, 0.6) is 0 Å². The minimum absolute atomic E-state index is 0.178. The van der Waals surface area contributed by atoms with E-state index in [1.807, 2.05) is 6.08 Å². The molecule has 1 aliphatic heterocycles. The molecule has 1 saturated heterocycles. The largest absolute Gasteiger partial charge is 0.384 e. The van der Waals surface area contributed by atoms with Crippen LogP contribution in [-0.4, -0.2) is 29.0 Å². The maximum Gasteiger partial charge on any atom is 0.321 e. The van der Waals surface area contributed by atoms with Crippen LogP contribution in [0.25, 0.3) is 6.08 Å². The number of anilines is 2. The molecule has 0 aliphatic carbocycles. The second kappa shape index (κ2) is 7.53. The first kappa shape index (κ1) is 17.2. The molecule has 1 aromatic heterocycles. The van der Waals surface area contributed by atoms with Crippen molar-refractivity contribution in [2.24, 2.45) is 0 Å². The predicted octanol–water partition coefficient (Wildman–Crippen LogP) is 4.17. The molecule has 2 amide bonds. The van der Waals surface area contributed by atoms with Gasteiger partial charge in [0.25, 0.3) is 0 Å². The lowest BCUT2D eigenvalue weighted by molar-refractivity contribution is 0.208. The van der Waals surface area contributed by atoms with E-state index in [4.69, 9.17) is 17.3 Å². The minimum Gasteiger partial charge on any atom is -0.384 e. The summed E-state index contributed by atoms with van der Waals surface area (Å²) in [5.41, 5.74) is 7.84. The maximum absolute atomic E-state index is 13.9. The van der Waals surface area contributed by atoms with Crippen molar-refractivity contribution in [1.82, 2.24) is 9.88 Å². The third-order valence-corrected chi connectivity index (χ3v) is 4.28. The highest BCUT2D eigenvalue weighted by atomic mass is 35.5. The average Bonchev–Trinajstić information content (AvgIpc) is 2.58. The molecule has 2 heterocycles. The van der Waals surface area contributed by atoms with Crippen molar-refractivity contribution in [2.45, 2.75) is 12.8 Å². The number of hydrogen-bond acceptors (Lipinski definition) is 3. The van der Waals surface area contributed by atoms with E-state index < -0.39 is 0 Å². The minimum atomic E-state index is -0.338. The van der Waals surface area contributed by atoms with E-state index >= 15 is 0 Å². The Bertz CT molecular complexity index is 814. The number of pyridine rings is 1. The van der Waals surface area contributed by atoms with Crippen LogP contribution in [-0.2, 0) is 0 Å². The molecule has 0 bridgehead atoms. The highest BCUT2D eigenvalue weighted by Crippen LogP contribution is 2.23. The van der Waals surface area contributed by atoms with Crippen LogP contribution in [0.1, 0.15) is 18.4 Å². The van der Waals surface area contributed by atoms with Gasteiger partial charge in [0.1, 0.15) is 11.6 Å². The zero-order chi connectivity index (χ0) is 17.8. The van der Waals surface area contributed by atoms with Crippen LogP contribution in [0.3, 0.4) is 0 Å². The summed E-state index contributed by atoms with van der Waals surface area (Å²) < 4.78 is 13.9. The van der Waals surface area contributed by atoms with Gasteiger partial charge in [-0.3, -0.25) is 0 Å². The fraction of sp³-hybridized carbons (Fsp3) is 0.222. The molecule has 2 aromatic rings. The Balaban J connectivity index is 1.59. The fourth-order valence-corrected chi connectivity index (χ4v) is 2.87. The van der Waals surface area contributed by atoms with Crippen LogP contribution < -0.4 is 11.1 Å². The lowest BCUT2D eigenvalue weighted by Gasteiger charge is -2.28. The summed E-state index contributed by atoms with van der Waals surface area (Å²) in [5.74, 6) is 0.0158. The quantitative estimate of drug-likeness (QED) is 0.844. The average molecular weight is 361 g/mol. The second-order valence-corrected chi connectivity index (χ2v) is 6.29. The smallest absolute Gasteiger partial charge is 0.321 e. The molecule has 7 heteroatoms. The van der Waals surface area contributed by atoms with Crippen molar-refractivity contribution in [3.63, 3.8) is 0 Å². The molecular weight excluding hydrogens is 343 g/mol. The number of aromatic nitrogens is 1. The van der Waals surface area contributed by atoms with Crippen LogP contribution in [0, 0.1) is 5.82 Å². The normalized spacial score (nSPS) is 14.3. The predicted molar refractivity (Wildman–Crippen MR) is 97.9 cm³/mol. The SMILES string of the molecule is Nc1cc(NC(=O)N2CCC(=Cc3ccc(Cl)cc3F)CC2)ccn1. The van der Waals surface area contributed by atoms with Gasteiger partial charge in [0, 0.05) is 41.6 Å². The molecule has 0 atom stereocenters. The molecule has 1 aliphatic rings. The maximum atomic E-state index is 13.9. The van der Waals surface area contributed by atoms with Gasteiger partial charge in [0.2, 0.25) is 0 Å². The van der Waals surface area contributed by atoms with E-state index in [1.54, 1.807) is 35.4 Å². The molecule has 3 N–H and O–H groups in total. The first-order valence-corrected chi connectivity index (χ1v) is 8.31.